The molecular weight excluding hydrogens is 254 g/mol. The van der Waals surface area contributed by atoms with Crippen LogP contribution in [0.1, 0.15) is 36.2 Å². The van der Waals surface area contributed by atoms with Gasteiger partial charge in [-0.15, -0.1) is 0 Å². The van der Waals surface area contributed by atoms with Crippen molar-refractivity contribution < 1.29 is 14.7 Å². The molecule has 0 saturated carbocycles. The van der Waals surface area contributed by atoms with Crippen LogP contribution in [-0.2, 0) is 11.3 Å². The molecule has 4 nitrogen and oxygen atoms in total. The maximum absolute atomic E-state index is 11.6. The summed E-state index contributed by atoms with van der Waals surface area (Å²) in [5, 5.41) is 9.24. The van der Waals surface area contributed by atoms with Crippen LogP contribution in [0.4, 0.5) is 0 Å². The van der Waals surface area contributed by atoms with Crippen molar-refractivity contribution in [3.8, 4) is 0 Å². The molecule has 1 aromatic carbocycles. The van der Waals surface area contributed by atoms with E-state index in [1.165, 1.54) is 18.0 Å². The van der Waals surface area contributed by atoms with Crippen LogP contribution in [0.3, 0.4) is 0 Å². The summed E-state index contributed by atoms with van der Waals surface area (Å²) in [5.41, 5.74) is 1.55. The quantitative estimate of drug-likeness (QED) is 0.612. The lowest BCUT2D eigenvalue weighted by atomic mass is 10.0. The van der Waals surface area contributed by atoms with E-state index in [9.17, 15) is 14.7 Å². The number of allylic oxidation sites excluding steroid dienone is 1. The summed E-state index contributed by atoms with van der Waals surface area (Å²) >= 11 is 0. The van der Waals surface area contributed by atoms with Crippen molar-refractivity contribution in [1.29, 1.82) is 0 Å². The summed E-state index contributed by atoms with van der Waals surface area (Å²) in [6, 6.07) is 7.17. The Balaban J connectivity index is 3.11. The molecule has 0 atom stereocenters. The van der Waals surface area contributed by atoms with Gasteiger partial charge in [0.15, 0.2) is 5.78 Å². The molecule has 0 aliphatic heterocycles. The number of carboxylic acids is 1. The number of Topliss-reactive ketones (excluding diaryl/α,β-unsaturated/α-hetero) is 1. The van der Waals surface area contributed by atoms with Gasteiger partial charge in [0.2, 0.25) is 0 Å². The first-order valence-corrected chi connectivity index (χ1v) is 6.42. The highest BCUT2D eigenvalue weighted by molar-refractivity contribution is 5.95. The predicted molar refractivity (Wildman–Crippen MR) is 78.2 cm³/mol. The molecule has 0 heterocycles. The molecule has 0 radical (unpaired) electrons. The van der Waals surface area contributed by atoms with E-state index in [0.29, 0.717) is 18.5 Å². The van der Waals surface area contributed by atoms with E-state index in [0.717, 1.165) is 5.56 Å². The minimum absolute atomic E-state index is 0.0408. The lowest BCUT2D eigenvalue weighted by Crippen LogP contribution is -2.23. The van der Waals surface area contributed by atoms with Crippen LogP contribution >= 0.6 is 0 Å². The summed E-state index contributed by atoms with van der Waals surface area (Å²) in [6.45, 7) is 7.32. The van der Waals surface area contributed by atoms with Crippen molar-refractivity contribution in [2.75, 3.05) is 0 Å². The Bertz CT molecular complexity index is 546. The molecule has 0 spiro atoms. The monoisotopic (exact) mass is 273 g/mol. The van der Waals surface area contributed by atoms with Crippen LogP contribution in [0.25, 0.3) is 0 Å². The second-order valence-electron chi connectivity index (χ2n) is 4.33. The van der Waals surface area contributed by atoms with Crippen LogP contribution in [0.15, 0.2) is 48.8 Å². The molecular formula is C16H19NO3. The Morgan fingerprint density at radius 2 is 2.00 bits per heavy atom. The minimum atomic E-state index is -1.01. The van der Waals surface area contributed by atoms with Crippen LogP contribution in [0.5, 0.6) is 0 Å². The van der Waals surface area contributed by atoms with Gasteiger partial charge in [-0.05, 0) is 25.1 Å². The first kappa shape index (κ1) is 15.7. The number of nitrogens with zero attached hydrogens (tertiary/aromatic N) is 1. The highest BCUT2D eigenvalue weighted by Gasteiger charge is 2.16. The van der Waals surface area contributed by atoms with Gasteiger partial charge in [0, 0.05) is 12.1 Å². The first-order chi connectivity index (χ1) is 9.51. The fraction of sp³-hybridized carbons (Fsp3) is 0.250. The fourth-order valence-corrected chi connectivity index (χ4v) is 1.95. The second-order valence-corrected chi connectivity index (χ2v) is 4.33. The van der Waals surface area contributed by atoms with Crippen LogP contribution in [-0.4, -0.2) is 21.8 Å². The van der Waals surface area contributed by atoms with Gasteiger partial charge in [-0.3, -0.25) is 4.79 Å². The number of rotatable bonds is 7. The molecule has 0 aliphatic carbocycles. The zero-order valence-electron chi connectivity index (χ0n) is 11.8. The van der Waals surface area contributed by atoms with Crippen LogP contribution in [0, 0.1) is 0 Å². The summed E-state index contributed by atoms with van der Waals surface area (Å²) in [7, 11) is 0. The number of hydrogen-bond donors (Lipinski definition) is 1. The standard InChI is InChI=1S/C16H19NO3/c1-4-8-15(16(19)20)17(5-2)11-13-9-6-7-10-14(13)12(3)18/h5-10H,2,4,11H2,1,3H3,(H,19,20)/b15-8-. The van der Waals surface area contributed by atoms with Gasteiger partial charge >= 0.3 is 5.97 Å². The summed E-state index contributed by atoms with van der Waals surface area (Å²) < 4.78 is 0. The lowest BCUT2D eigenvalue weighted by Gasteiger charge is -2.21. The number of carbonyl (C=O) groups is 2. The first-order valence-electron chi connectivity index (χ1n) is 6.42. The Morgan fingerprint density at radius 1 is 1.35 bits per heavy atom. The number of carboxylic acid groups (broad SMARTS) is 1. The molecule has 0 saturated heterocycles. The third-order valence-electron chi connectivity index (χ3n) is 2.88. The average Bonchev–Trinajstić information content (AvgIpc) is 2.42. The van der Waals surface area contributed by atoms with E-state index < -0.39 is 5.97 Å². The number of hydrogen-bond acceptors (Lipinski definition) is 3. The number of carbonyl (C=O) groups excluding carboxylic acids is 1. The highest BCUT2D eigenvalue weighted by Crippen LogP contribution is 2.16. The smallest absolute Gasteiger partial charge is 0.352 e. The van der Waals surface area contributed by atoms with Crippen LogP contribution < -0.4 is 0 Å². The number of ketones is 1. The van der Waals surface area contributed by atoms with E-state index in [1.54, 1.807) is 18.2 Å². The van der Waals surface area contributed by atoms with Gasteiger partial charge in [0.1, 0.15) is 5.70 Å². The van der Waals surface area contributed by atoms with Crippen LogP contribution in [0.2, 0.25) is 0 Å². The molecule has 1 aromatic rings. The molecule has 4 heteroatoms. The molecule has 0 aromatic heterocycles. The Hall–Kier alpha value is -2.36. The Labute approximate surface area is 119 Å². The normalized spacial score (nSPS) is 11.0. The molecule has 0 unspecified atom stereocenters. The highest BCUT2D eigenvalue weighted by atomic mass is 16.4. The average molecular weight is 273 g/mol. The largest absolute Gasteiger partial charge is 0.477 e. The van der Waals surface area contributed by atoms with Gasteiger partial charge in [-0.2, -0.15) is 0 Å². The zero-order valence-corrected chi connectivity index (χ0v) is 11.8. The van der Waals surface area contributed by atoms with Crippen molar-refractivity contribution in [2.45, 2.75) is 26.8 Å². The lowest BCUT2D eigenvalue weighted by molar-refractivity contribution is -0.134. The summed E-state index contributed by atoms with van der Waals surface area (Å²) in [6.07, 6.45) is 3.70. The summed E-state index contributed by atoms with van der Waals surface area (Å²) in [5.74, 6) is -1.05. The van der Waals surface area contributed by atoms with E-state index in [2.05, 4.69) is 6.58 Å². The molecule has 0 bridgehead atoms. The van der Waals surface area contributed by atoms with Crippen molar-refractivity contribution in [3.05, 3.63) is 59.9 Å². The van der Waals surface area contributed by atoms with Gasteiger partial charge in [0.25, 0.3) is 0 Å². The molecule has 0 aliphatic rings. The van der Waals surface area contributed by atoms with Gasteiger partial charge in [-0.1, -0.05) is 43.8 Å². The zero-order chi connectivity index (χ0) is 15.1. The molecule has 1 N–H and O–H groups in total. The summed E-state index contributed by atoms with van der Waals surface area (Å²) in [4.78, 5) is 24.4. The predicted octanol–water partition coefficient (Wildman–Crippen LogP) is 3.21. The molecule has 0 fully saturated rings. The van der Waals surface area contributed by atoms with E-state index >= 15 is 0 Å². The van der Waals surface area contributed by atoms with Crippen molar-refractivity contribution in [1.82, 2.24) is 4.90 Å². The van der Waals surface area contributed by atoms with Crippen molar-refractivity contribution in [3.63, 3.8) is 0 Å². The molecule has 106 valence electrons. The second kappa shape index (κ2) is 7.28. The number of aliphatic carboxylic acids is 1. The third kappa shape index (κ3) is 3.82. The Kier molecular flexibility index (Phi) is 5.72. The van der Waals surface area contributed by atoms with Gasteiger partial charge < -0.3 is 10.0 Å². The van der Waals surface area contributed by atoms with Crippen molar-refractivity contribution >= 4 is 11.8 Å². The third-order valence-corrected chi connectivity index (χ3v) is 2.88. The van der Waals surface area contributed by atoms with E-state index in [4.69, 9.17) is 0 Å². The maximum atomic E-state index is 11.6. The topological polar surface area (TPSA) is 57.6 Å². The minimum Gasteiger partial charge on any atom is -0.477 e. The SMILES string of the molecule is C=CN(Cc1ccccc1C(C)=O)/C(=C\CC)C(=O)O. The number of benzene rings is 1. The van der Waals surface area contributed by atoms with E-state index in [1.807, 2.05) is 19.1 Å². The molecule has 0 amide bonds. The van der Waals surface area contributed by atoms with Gasteiger partial charge in [0.05, 0.1) is 0 Å². The molecule has 20 heavy (non-hydrogen) atoms. The van der Waals surface area contributed by atoms with E-state index in [-0.39, 0.29) is 11.5 Å². The fourth-order valence-electron chi connectivity index (χ4n) is 1.95. The van der Waals surface area contributed by atoms with Gasteiger partial charge in [-0.25, -0.2) is 4.79 Å². The van der Waals surface area contributed by atoms with Crippen molar-refractivity contribution in [2.24, 2.45) is 0 Å². The molecule has 1 rings (SSSR count). The maximum Gasteiger partial charge on any atom is 0.352 e. The Morgan fingerprint density at radius 3 is 2.50 bits per heavy atom.